The summed E-state index contributed by atoms with van der Waals surface area (Å²) in [4.78, 5) is 11.0. The lowest BCUT2D eigenvalue weighted by Gasteiger charge is -2.17. The van der Waals surface area contributed by atoms with Crippen molar-refractivity contribution in [2.75, 3.05) is 0 Å². The van der Waals surface area contributed by atoms with Gasteiger partial charge in [0, 0.05) is 24.9 Å². The molecule has 0 bridgehead atoms. The SMILES string of the molecule is Cn1c(CCC(N)=O)nnc1S[C@@H](c1ccccc1)c1ccc(Cl)cc1. The standard InChI is InChI=1S/C19H19ClN4OS/c1-24-17(12-11-16(21)25)22-23-19(24)26-18(13-5-3-2-4-6-13)14-7-9-15(20)10-8-14/h2-10,18H,11-12H2,1H3,(H2,21,25)/t18-/m0/s1. The Morgan fingerprint density at radius 2 is 1.77 bits per heavy atom. The molecule has 0 saturated carbocycles. The van der Waals surface area contributed by atoms with Crippen LogP contribution in [0, 0.1) is 0 Å². The lowest BCUT2D eigenvalue weighted by molar-refractivity contribution is -0.118. The summed E-state index contributed by atoms with van der Waals surface area (Å²) in [7, 11) is 1.91. The number of carbonyl (C=O) groups excluding carboxylic acids is 1. The first-order chi connectivity index (χ1) is 12.5. The molecule has 0 aliphatic carbocycles. The lowest BCUT2D eigenvalue weighted by atomic mass is 10.0. The average molecular weight is 387 g/mol. The van der Waals surface area contributed by atoms with Gasteiger partial charge in [0.1, 0.15) is 5.82 Å². The fourth-order valence-corrected chi connectivity index (χ4v) is 3.87. The van der Waals surface area contributed by atoms with E-state index < -0.39 is 0 Å². The first-order valence-corrected chi connectivity index (χ1v) is 9.44. The monoisotopic (exact) mass is 386 g/mol. The van der Waals surface area contributed by atoms with Crippen molar-refractivity contribution in [3.8, 4) is 0 Å². The van der Waals surface area contributed by atoms with Gasteiger partial charge >= 0.3 is 0 Å². The molecular formula is C19H19ClN4OS. The highest BCUT2D eigenvalue weighted by Crippen LogP contribution is 2.39. The number of benzene rings is 2. The highest BCUT2D eigenvalue weighted by molar-refractivity contribution is 7.99. The van der Waals surface area contributed by atoms with Gasteiger partial charge in [-0.1, -0.05) is 65.8 Å². The van der Waals surface area contributed by atoms with Crippen molar-refractivity contribution < 1.29 is 4.79 Å². The minimum Gasteiger partial charge on any atom is -0.370 e. The van der Waals surface area contributed by atoms with Gasteiger partial charge in [-0.15, -0.1) is 10.2 Å². The Labute approximate surface area is 161 Å². The highest BCUT2D eigenvalue weighted by atomic mass is 35.5. The number of primary amides is 1. The summed E-state index contributed by atoms with van der Waals surface area (Å²) in [6.45, 7) is 0. The summed E-state index contributed by atoms with van der Waals surface area (Å²) >= 11 is 7.65. The summed E-state index contributed by atoms with van der Waals surface area (Å²) in [5.74, 6) is 0.403. The number of carbonyl (C=O) groups is 1. The Kier molecular flexibility index (Phi) is 5.96. The maximum absolute atomic E-state index is 11.0. The van der Waals surface area contributed by atoms with Gasteiger partial charge in [-0.25, -0.2) is 0 Å². The van der Waals surface area contributed by atoms with Gasteiger partial charge in [0.15, 0.2) is 5.16 Å². The fraction of sp³-hybridized carbons (Fsp3) is 0.211. The van der Waals surface area contributed by atoms with E-state index in [0.29, 0.717) is 11.4 Å². The molecule has 1 heterocycles. The number of thioether (sulfide) groups is 1. The molecule has 134 valence electrons. The predicted molar refractivity (Wildman–Crippen MR) is 104 cm³/mol. The molecule has 0 aliphatic heterocycles. The summed E-state index contributed by atoms with van der Waals surface area (Å²) in [5.41, 5.74) is 7.53. The van der Waals surface area contributed by atoms with E-state index in [2.05, 4.69) is 22.3 Å². The second-order valence-corrected chi connectivity index (χ2v) is 7.39. The molecule has 0 unspecified atom stereocenters. The van der Waals surface area contributed by atoms with Crippen LogP contribution in [0.3, 0.4) is 0 Å². The Morgan fingerprint density at radius 3 is 2.42 bits per heavy atom. The average Bonchev–Trinajstić information content (AvgIpc) is 2.99. The van der Waals surface area contributed by atoms with Gasteiger partial charge in [0.05, 0.1) is 5.25 Å². The van der Waals surface area contributed by atoms with Crippen LogP contribution < -0.4 is 5.73 Å². The molecule has 0 aliphatic rings. The zero-order chi connectivity index (χ0) is 18.5. The van der Waals surface area contributed by atoms with Crippen molar-refractivity contribution in [3.05, 3.63) is 76.6 Å². The molecule has 5 nitrogen and oxygen atoms in total. The number of amides is 1. The predicted octanol–water partition coefficient (Wildman–Crippen LogP) is 3.77. The van der Waals surface area contributed by atoms with E-state index in [1.807, 2.05) is 54.1 Å². The van der Waals surface area contributed by atoms with Crippen molar-refractivity contribution in [2.45, 2.75) is 23.2 Å². The minimum absolute atomic E-state index is 0.0559. The lowest BCUT2D eigenvalue weighted by Crippen LogP contribution is -2.13. The maximum atomic E-state index is 11.0. The van der Waals surface area contributed by atoms with Crippen LogP contribution in [0.1, 0.15) is 28.6 Å². The van der Waals surface area contributed by atoms with Gasteiger partial charge in [-0.3, -0.25) is 4.79 Å². The molecule has 3 aromatic rings. The second kappa shape index (κ2) is 8.38. The van der Waals surface area contributed by atoms with Crippen molar-refractivity contribution in [3.63, 3.8) is 0 Å². The van der Waals surface area contributed by atoms with Crippen LogP contribution in [0.25, 0.3) is 0 Å². The van der Waals surface area contributed by atoms with Crippen molar-refractivity contribution in [1.82, 2.24) is 14.8 Å². The molecule has 1 amide bonds. The quantitative estimate of drug-likeness (QED) is 0.627. The van der Waals surface area contributed by atoms with Gasteiger partial charge in [0.2, 0.25) is 5.91 Å². The zero-order valence-electron chi connectivity index (χ0n) is 14.3. The first-order valence-electron chi connectivity index (χ1n) is 8.18. The van der Waals surface area contributed by atoms with E-state index in [0.717, 1.165) is 16.5 Å². The molecular weight excluding hydrogens is 368 g/mol. The molecule has 1 atom stereocenters. The van der Waals surface area contributed by atoms with E-state index in [-0.39, 0.29) is 17.6 Å². The van der Waals surface area contributed by atoms with E-state index >= 15 is 0 Å². The van der Waals surface area contributed by atoms with Crippen LogP contribution in [-0.4, -0.2) is 20.7 Å². The number of hydrogen-bond acceptors (Lipinski definition) is 4. The van der Waals surface area contributed by atoms with Crippen molar-refractivity contribution in [2.24, 2.45) is 12.8 Å². The number of nitrogens with two attached hydrogens (primary N) is 1. The number of aryl methyl sites for hydroxylation is 1. The van der Waals surface area contributed by atoms with E-state index in [4.69, 9.17) is 17.3 Å². The smallest absolute Gasteiger partial charge is 0.217 e. The van der Waals surface area contributed by atoms with Crippen molar-refractivity contribution >= 4 is 29.3 Å². The highest BCUT2D eigenvalue weighted by Gasteiger charge is 2.20. The molecule has 7 heteroatoms. The van der Waals surface area contributed by atoms with Crippen LogP contribution in [-0.2, 0) is 18.3 Å². The molecule has 2 aromatic carbocycles. The van der Waals surface area contributed by atoms with Crippen LogP contribution in [0.4, 0.5) is 0 Å². The summed E-state index contributed by atoms with van der Waals surface area (Å²) in [5, 5.41) is 10.1. The molecule has 2 N–H and O–H groups in total. The van der Waals surface area contributed by atoms with Crippen LogP contribution >= 0.6 is 23.4 Å². The first kappa shape index (κ1) is 18.5. The number of nitrogens with zero attached hydrogens (tertiary/aromatic N) is 3. The molecule has 26 heavy (non-hydrogen) atoms. The van der Waals surface area contributed by atoms with Gasteiger partial charge in [-0.2, -0.15) is 0 Å². The van der Waals surface area contributed by atoms with Crippen LogP contribution in [0.2, 0.25) is 5.02 Å². The molecule has 0 radical (unpaired) electrons. The Morgan fingerprint density at radius 1 is 1.12 bits per heavy atom. The molecule has 3 rings (SSSR count). The molecule has 1 aromatic heterocycles. The number of halogens is 1. The van der Waals surface area contributed by atoms with Gasteiger partial charge < -0.3 is 10.3 Å². The van der Waals surface area contributed by atoms with E-state index in [9.17, 15) is 4.79 Å². The molecule has 0 spiro atoms. The Hall–Kier alpha value is -2.31. The van der Waals surface area contributed by atoms with E-state index in [1.54, 1.807) is 11.8 Å². The topological polar surface area (TPSA) is 73.8 Å². The molecule has 0 fully saturated rings. The summed E-state index contributed by atoms with van der Waals surface area (Å²) < 4.78 is 1.92. The van der Waals surface area contributed by atoms with Crippen LogP contribution in [0.5, 0.6) is 0 Å². The molecule has 0 saturated heterocycles. The summed E-state index contributed by atoms with van der Waals surface area (Å²) in [6.07, 6.45) is 0.742. The summed E-state index contributed by atoms with van der Waals surface area (Å²) in [6, 6.07) is 18.1. The number of rotatable bonds is 7. The maximum Gasteiger partial charge on any atom is 0.217 e. The largest absolute Gasteiger partial charge is 0.370 e. The van der Waals surface area contributed by atoms with Gasteiger partial charge in [-0.05, 0) is 23.3 Å². The fourth-order valence-electron chi connectivity index (χ4n) is 2.60. The van der Waals surface area contributed by atoms with Gasteiger partial charge in [0.25, 0.3) is 0 Å². The van der Waals surface area contributed by atoms with E-state index in [1.165, 1.54) is 5.56 Å². The minimum atomic E-state index is -0.342. The third-order valence-electron chi connectivity index (χ3n) is 4.02. The van der Waals surface area contributed by atoms with Crippen molar-refractivity contribution in [1.29, 1.82) is 0 Å². The number of hydrogen-bond donors (Lipinski definition) is 1. The third-order valence-corrected chi connectivity index (χ3v) is 5.62. The second-order valence-electron chi connectivity index (χ2n) is 5.88. The number of aromatic nitrogens is 3. The Balaban J connectivity index is 1.89. The van der Waals surface area contributed by atoms with Crippen LogP contribution in [0.15, 0.2) is 59.8 Å². The normalized spacial score (nSPS) is 12.1. The Bertz CT molecular complexity index is 880. The zero-order valence-corrected chi connectivity index (χ0v) is 15.9. The third kappa shape index (κ3) is 4.45.